The van der Waals surface area contributed by atoms with Gasteiger partial charge in [0.1, 0.15) is 6.23 Å². The summed E-state index contributed by atoms with van der Waals surface area (Å²) in [6.45, 7) is 2.21. The third-order valence-electron chi connectivity index (χ3n) is 4.44. The molecule has 0 N–H and O–H groups in total. The lowest BCUT2D eigenvalue weighted by molar-refractivity contribution is -0.0147. The first-order valence-electron chi connectivity index (χ1n) is 8.70. The van der Waals surface area contributed by atoms with Crippen LogP contribution in [0.15, 0.2) is 24.3 Å². The van der Waals surface area contributed by atoms with Crippen LogP contribution >= 0.6 is 0 Å². The van der Waals surface area contributed by atoms with Crippen LogP contribution in [0.25, 0.3) is 0 Å². The zero-order valence-corrected chi connectivity index (χ0v) is 14.2. The van der Waals surface area contributed by atoms with Crippen LogP contribution in [0.4, 0.5) is 0 Å². The van der Waals surface area contributed by atoms with Gasteiger partial charge in [0.2, 0.25) is 0 Å². The highest BCUT2D eigenvalue weighted by Gasteiger charge is 2.39. The van der Waals surface area contributed by atoms with E-state index in [4.69, 9.17) is 4.74 Å². The number of carbonyl (C=O) groups is 2. The maximum absolute atomic E-state index is 12.4. The van der Waals surface area contributed by atoms with Crippen molar-refractivity contribution < 1.29 is 14.3 Å². The van der Waals surface area contributed by atoms with E-state index in [1.807, 2.05) is 0 Å². The number of carbonyl (C=O) groups excluding carboxylic acids is 2. The molecule has 1 aromatic rings. The molecule has 1 heterocycles. The van der Waals surface area contributed by atoms with E-state index in [0.29, 0.717) is 17.5 Å². The number of ether oxygens (including phenoxy) is 1. The number of imide groups is 1. The van der Waals surface area contributed by atoms with Crippen LogP contribution in [-0.2, 0) is 4.74 Å². The van der Waals surface area contributed by atoms with Gasteiger partial charge in [-0.2, -0.15) is 0 Å². The van der Waals surface area contributed by atoms with Gasteiger partial charge in [0, 0.05) is 7.11 Å². The highest BCUT2D eigenvalue weighted by Crippen LogP contribution is 2.26. The standard InChI is InChI=1S/C19H27NO3/c1-3-4-5-6-7-8-9-14-17(23-2)20-18(21)15-12-10-11-13-16(15)19(20)22/h10-13,17H,3-9,14H2,1-2H3. The number of hydrogen-bond donors (Lipinski definition) is 0. The molecule has 1 atom stereocenters. The van der Waals surface area contributed by atoms with Crippen molar-refractivity contribution >= 4 is 11.8 Å². The maximum Gasteiger partial charge on any atom is 0.263 e. The summed E-state index contributed by atoms with van der Waals surface area (Å²) in [6.07, 6.45) is 8.65. The summed E-state index contributed by atoms with van der Waals surface area (Å²) in [6, 6.07) is 6.98. The Balaban J connectivity index is 1.85. The molecule has 0 spiro atoms. The number of methoxy groups -OCH3 is 1. The molecule has 4 heteroatoms. The van der Waals surface area contributed by atoms with Gasteiger partial charge in [0.15, 0.2) is 0 Å². The lowest BCUT2D eigenvalue weighted by Gasteiger charge is -2.24. The molecule has 0 fully saturated rings. The Morgan fingerprint density at radius 1 is 0.913 bits per heavy atom. The summed E-state index contributed by atoms with van der Waals surface area (Å²) < 4.78 is 5.44. The second kappa shape index (κ2) is 8.82. The number of benzene rings is 1. The number of unbranched alkanes of at least 4 members (excludes halogenated alkanes) is 6. The number of rotatable bonds is 10. The van der Waals surface area contributed by atoms with E-state index in [0.717, 1.165) is 12.8 Å². The Hall–Kier alpha value is -1.68. The van der Waals surface area contributed by atoms with Crippen LogP contribution in [0.1, 0.15) is 79.0 Å². The molecule has 0 radical (unpaired) electrons. The molecule has 126 valence electrons. The Bertz CT molecular complexity index is 506. The van der Waals surface area contributed by atoms with Crippen molar-refractivity contribution in [3.8, 4) is 0 Å². The smallest absolute Gasteiger partial charge is 0.263 e. The Kier molecular flexibility index (Phi) is 6.78. The summed E-state index contributed by atoms with van der Waals surface area (Å²) in [5, 5.41) is 0. The molecule has 1 aliphatic rings. The van der Waals surface area contributed by atoms with Crippen molar-refractivity contribution in [2.24, 2.45) is 0 Å². The van der Waals surface area contributed by atoms with E-state index < -0.39 is 6.23 Å². The van der Waals surface area contributed by atoms with Crippen molar-refractivity contribution in [1.29, 1.82) is 0 Å². The second-order valence-electron chi connectivity index (χ2n) is 6.13. The summed E-state index contributed by atoms with van der Waals surface area (Å²) in [7, 11) is 1.56. The topological polar surface area (TPSA) is 46.6 Å². The number of amides is 2. The molecular formula is C19H27NO3. The highest BCUT2D eigenvalue weighted by molar-refractivity contribution is 6.21. The van der Waals surface area contributed by atoms with E-state index >= 15 is 0 Å². The molecule has 0 aromatic heterocycles. The first kappa shape index (κ1) is 17.7. The molecule has 0 saturated heterocycles. The lowest BCUT2D eigenvalue weighted by atomic mass is 10.1. The summed E-state index contributed by atoms with van der Waals surface area (Å²) in [4.78, 5) is 26.2. The fourth-order valence-electron chi connectivity index (χ4n) is 3.10. The molecule has 23 heavy (non-hydrogen) atoms. The predicted molar refractivity (Wildman–Crippen MR) is 90.3 cm³/mol. The molecular weight excluding hydrogens is 290 g/mol. The van der Waals surface area contributed by atoms with Gasteiger partial charge >= 0.3 is 0 Å². The molecule has 1 unspecified atom stereocenters. The van der Waals surface area contributed by atoms with Crippen molar-refractivity contribution in [3.05, 3.63) is 35.4 Å². The van der Waals surface area contributed by atoms with E-state index in [1.54, 1.807) is 31.4 Å². The fourth-order valence-corrected chi connectivity index (χ4v) is 3.10. The van der Waals surface area contributed by atoms with Crippen LogP contribution in [0.2, 0.25) is 0 Å². The van der Waals surface area contributed by atoms with Gasteiger partial charge in [0.25, 0.3) is 11.8 Å². The second-order valence-corrected chi connectivity index (χ2v) is 6.13. The quantitative estimate of drug-likeness (QED) is 0.475. The van der Waals surface area contributed by atoms with Gasteiger partial charge < -0.3 is 4.74 Å². The van der Waals surface area contributed by atoms with Crippen molar-refractivity contribution in [1.82, 2.24) is 4.90 Å². The summed E-state index contributed by atoms with van der Waals surface area (Å²) in [5.41, 5.74) is 0.971. The number of nitrogens with zero attached hydrogens (tertiary/aromatic N) is 1. The first-order valence-corrected chi connectivity index (χ1v) is 8.70. The van der Waals surface area contributed by atoms with E-state index in [2.05, 4.69) is 6.92 Å². The third-order valence-corrected chi connectivity index (χ3v) is 4.44. The normalized spacial score (nSPS) is 15.1. The van der Waals surface area contributed by atoms with Gasteiger partial charge in [-0.3, -0.25) is 9.59 Å². The van der Waals surface area contributed by atoms with Crippen molar-refractivity contribution in [2.45, 2.75) is 64.5 Å². The Morgan fingerprint density at radius 3 is 1.96 bits per heavy atom. The summed E-state index contributed by atoms with van der Waals surface area (Å²) >= 11 is 0. The van der Waals surface area contributed by atoms with Crippen LogP contribution < -0.4 is 0 Å². The Morgan fingerprint density at radius 2 is 1.43 bits per heavy atom. The van der Waals surface area contributed by atoms with Gasteiger partial charge in [0.05, 0.1) is 11.1 Å². The van der Waals surface area contributed by atoms with Crippen LogP contribution in [0, 0.1) is 0 Å². The van der Waals surface area contributed by atoms with Crippen LogP contribution in [-0.4, -0.2) is 30.1 Å². The number of hydrogen-bond acceptors (Lipinski definition) is 3. The summed E-state index contributed by atoms with van der Waals surface area (Å²) in [5.74, 6) is -0.471. The van der Waals surface area contributed by atoms with E-state index in [9.17, 15) is 9.59 Å². The molecule has 0 bridgehead atoms. The first-order chi connectivity index (χ1) is 11.2. The van der Waals surface area contributed by atoms with Gasteiger partial charge in [-0.15, -0.1) is 0 Å². The molecule has 1 aliphatic heterocycles. The molecule has 2 amide bonds. The lowest BCUT2D eigenvalue weighted by Crippen LogP contribution is -2.41. The minimum Gasteiger partial charge on any atom is -0.361 e. The Labute approximate surface area is 138 Å². The van der Waals surface area contributed by atoms with Crippen molar-refractivity contribution in [2.75, 3.05) is 7.11 Å². The molecule has 1 aromatic carbocycles. The van der Waals surface area contributed by atoms with Gasteiger partial charge in [-0.1, -0.05) is 57.6 Å². The molecule has 0 saturated carbocycles. The fraction of sp³-hybridized carbons (Fsp3) is 0.579. The van der Waals surface area contributed by atoms with Crippen LogP contribution in [0.3, 0.4) is 0 Å². The monoisotopic (exact) mass is 317 g/mol. The van der Waals surface area contributed by atoms with Crippen LogP contribution in [0.5, 0.6) is 0 Å². The van der Waals surface area contributed by atoms with E-state index in [-0.39, 0.29) is 11.8 Å². The van der Waals surface area contributed by atoms with E-state index in [1.165, 1.54) is 37.0 Å². The third kappa shape index (κ3) is 4.20. The largest absolute Gasteiger partial charge is 0.361 e. The van der Waals surface area contributed by atoms with Gasteiger partial charge in [-0.05, 0) is 25.0 Å². The predicted octanol–water partition coefficient (Wildman–Crippen LogP) is 4.40. The minimum absolute atomic E-state index is 0.236. The average molecular weight is 317 g/mol. The molecule has 2 rings (SSSR count). The van der Waals surface area contributed by atoms with Crippen molar-refractivity contribution in [3.63, 3.8) is 0 Å². The molecule has 0 aliphatic carbocycles. The van der Waals surface area contributed by atoms with Gasteiger partial charge in [-0.25, -0.2) is 4.90 Å². The average Bonchev–Trinajstić information content (AvgIpc) is 2.83. The maximum atomic E-state index is 12.4. The number of fused-ring (bicyclic) bond motifs is 1. The zero-order valence-electron chi connectivity index (χ0n) is 14.2. The zero-order chi connectivity index (χ0) is 16.7. The highest BCUT2D eigenvalue weighted by atomic mass is 16.5. The SMILES string of the molecule is CCCCCCCCCC(OC)N1C(=O)c2ccccc2C1=O. The molecule has 4 nitrogen and oxygen atoms in total. The minimum atomic E-state index is -0.460.